The summed E-state index contributed by atoms with van der Waals surface area (Å²) in [4.78, 5) is 36.7. The number of carbonyl (C=O) groups excluding carboxylic acids is 3. The Kier molecular flexibility index (Phi) is 4.35. The van der Waals surface area contributed by atoms with Crippen molar-refractivity contribution in [1.29, 1.82) is 0 Å². The summed E-state index contributed by atoms with van der Waals surface area (Å²) in [6.07, 6.45) is 6.25. The Labute approximate surface area is 171 Å². The van der Waals surface area contributed by atoms with Crippen molar-refractivity contribution in [2.75, 3.05) is 0 Å². The molecule has 2 saturated carbocycles. The minimum Gasteiger partial charge on any atom is -0.446 e. The number of ketones is 2. The molecule has 0 aliphatic heterocycles. The average Bonchev–Trinajstić information content (AvgIpc) is 2.85. The van der Waals surface area contributed by atoms with Crippen LogP contribution >= 0.6 is 0 Å². The van der Waals surface area contributed by atoms with Gasteiger partial charge in [0.2, 0.25) is 0 Å². The molecule has 4 nitrogen and oxygen atoms in total. The van der Waals surface area contributed by atoms with E-state index < -0.39 is 17.0 Å². The van der Waals surface area contributed by atoms with E-state index in [0.717, 1.165) is 6.42 Å². The number of hydrogen-bond donors (Lipinski definition) is 0. The molecular weight excluding hydrogens is 371 g/mol. The first-order valence-corrected chi connectivity index (χ1v) is 10.5. The van der Waals surface area contributed by atoms with E-state index in [0.29, 0.717) is 36.8 Å². The average molecular weight is 400 g/mol. The highest BCUT2D eigenvalue weighted by Crippen LogP contribution is 2.68. The zero-order valence-corrected chi connectivity index (χ0v) is 17.6. The first kappa shape index (κ1) is 20.2. The lowest BCUT2D eigenvalue weighted by atomic mass is 9.47. The number of halogens is 1. The van der Waals surface area contributed by atoms with Gasteiger partial charge in [-0.25, -0.2) is 4.39 Å². The van der Waals surface area contributed by atoms with E-state index in [1.807, 2.05) is 6.92 Å². The third-order valence-electron chi connectivity index (χ3n) is 8.51. The summed E-state index contributed by atoms with van der Waals surface area (Å²) in [5.41, 5.74) is -1.20. The van der Waals surface area contributed by atoms with Gasteiger partial charge in [0.25, 0.3) is 0 Å². The summed E-state index contributed by atoms with van der Waals surface area (Å²) in [6, 6.07) is 0. The van der Waals surface area contributed by atoms with Gasteiger partial charge in [-0.05, 0) is 79.1 Å². The molecule has 156 valence electrons. The van der Waals surface area contributed by atoms with Crippen LogP contribution < -0.4 is 0 Å². The van der Waals surface area contributed by atoms with Gasteiger partial charge in [0.15, 0.2) is 17.2 Å². The molecule has 4 aliphatic rings. The lowest BCUT2D eigenvalue weighted by Crippen LogP contribution is -2.58. The molecule has 0 aromatic rings. The monoisotopic (exact) mass is 400 g/mol. The number of ether oxygens (including phenoxy) is 1. The van der Waals surface area contributed by atoms with Crippen LogP contribution in [-0.2, 0) is 19.1 Å². The molecule has 0 radical (unpaired) electrons. The van der Waals surface area contributed by atoms with Crippen molar-refractivity contribution < 1.29 is 23.5 Å². The molecule has 0 saturated heterocycles. The van der Waals surface area contributed by atoms with Crippen molar-refractivity contribution in [3.63, 3.8) is 0 Å². The minimum atomic E-state index is -1.35. The van der Waals surface area contributed by atoms with Crippen LogP contribution in [0.2, 0.25) is 0 Å². The standard InChI is InChI=1S/C24H29FO4/c1-13-10-19-17-12-21(25)20-11-16(28)6-8-22(20,4)18(17)7-9-23(19,5)24(13,14(2)26)29-15(3)27/h11-12,17-19H,1,6-10H2,2-5H3/t17-,18+,19+,22-,23+,24+/m1/s1. The van der Waals surface area contributed by atoms with Gasteiger partial charge in [0.05, 0.1) is 0 Å². The zero-order valence-electron chi connectivity index (χ0n) is 17.6. The summed E-state index contributed by atoms with van der Waals surface area (Å²) in [6.45, 7) is 11.0. The van der Waals surface area contributed by atoms with Crippen molar-refractivity contribution in [1.82, 2.24) is 0 Å². The van der Waals surface area contributed by atoms with E-state index >= 15 is 4.39 Å². The number of Topliss-reactive ketones (excluding diaryl/α,β-unsaturated/α-hetero) is 1. The molecule has 2 fully saturated rings. The van der Waals surface area contributed by atoms with Gasteiger partial charge in [-0.3, -0.25) is 14.4 Å². The summed E-state index contributed by atoms with van der Waals surface area (Å²) >= 11 is 0. The van der Waals surface area contributed by atoms with Crippen molar-refractivity contribution in [2.45, 2.75) is 65.4 Å². The lowest BCUT2D eigenvalue weighted by molar-refractivity contribution is -0.179. The molecule has 0 amide bonds. The number of hydrogen-bond acceptors (Lipinski definition) is 4. The second kappa shape index (κ2) is 6.23. The summed E-state index contributed by atoms with van der Waals surface area (Å²) < 4.78 is 21.0. The predicted molar refractivity (Wildman–Crippen MR) is 106 cm³/mol. The van der Waals surface area contributed by atoms with Gasteiger partial charge in [-0.1, -0.05) is 20.4 Å². The Morgan fingerprint density at radius 1 is 1.21 bits per heavy atom. The van der Waals surface area contributed by atoms with Crippen molar-refractivity contribution in [2.24, 2.45) is 28.6 Å². The SMILES string of the molecule is C=C1C[C@H]2[C@@H]3C=C(F)C4=CC(=O)CC[C@]4(C)[C@H]3CC[C@]2(C)[C@@]1(OC(C)=O)C(C)=O. The fourth-order valence-electron chi connectivity index (χ4n) is 7.15. The van der Waals surface area contributed by atoms with E-state index in [-0.39, 0.29) is 40.6 Å². The smallest absolute Gasteiger partial charge is 0.303 e. The fourth-order valence-corrected chi connectivity index (χ4v) is 7.15. The maximum Gasteiger partial charge on any atom is 0.303 e. The van der Waals surface area contributed by atoms with Crippen LogP contribution in [0.1, 0.15) is 59.8 Å². The van der Waals surface area contributed by atoms with Gasteiger partial charge in [-0.2, -0.15) is 0 Å². The molecule has 0 N–H and O–H groups in total. The van der Waals surface area contributed by atoms with Crippen LogP contribution in [0.3, 0.4) is 0 Å². The van der Waals surface area contributed by atoms with Crippen LogP contribution in [0.5, 0.6) is 0 Å². The topological polar surface area (TPSA) is 60.4 Å². The third-order valence-corrected chi connectivity index (χ3v) is 8.51. The Hall–Kier alpha value is -2.04. The van der Waals surface area contributed by atoms with Gasteiger partial charge in [0.1, 0.15) is 5.83 Å². The fraction of sp³-hybridized carbons (Fsp3) is 0.625. The number of fused-ring (bicyclic) bond motifs is 5. The highest BCUT2D eigenvalue weighted by molar-refractivity contribution is 5.93. The maximum absolute atomic E-state index is 15.2. The van der Waals surface area contributed by atoms with Gasteiger partial charge >= 0.3 is 5.97 Å². The number of carbonyl (C=O) groups is 3. The predicted octanol–water partition coefficient (Wildman–Crippen LogP) is 4.65. The molecule has 0 unspecified atom stereocenters. The molecule has 0 aromatic carbocycles. The third kappa shape index (κ3) is 2.45. The van der Waals surface area contributed by atoms with E-state index in [2.05, 4.69) is 13.5 Å². The molecule has 6 atom stereocenters. The van der Waals surface area contributed by atoms with E-state index in [4.69, 9.17) is 4.74 Å². The summed E-state index contributed by atoms with van der Waals surface area (Å²) in [7, 11) is 0. The first-order valence-electron chi connectivity index (χ1n) is 10.5. The van der Waals surface area contributed by atoms with Crippen LogP contribution in [0.15, 0.2) is 35.7 Å². The van der Waals surface area contributed by atoms with Gasteiger partial charge in [0, 0.05) is 18.8 Å². The molecule has 0 aromatic heterocycles. The van der Waals surface area contributed by atoms with E-state index in [1.165, 1.54) is 19.9 Å². The Bertz CT molecular complexity index is 899. The van der Waals surface area contributed by atoms with Gasteiger partial charge in [-0.15, -0.1) is 0 Å². The van der Waals surface area contributed by atoms with E-state index in [9.17, 15) is 14.4 Å². The summed E-state index contributed by atoms with van der Waals surface area (Å²) in [5, 5.41) is 0. The Morgan fingerprint density at radius 2 is 1.90 bits per heavy atom. The zero-order chi connectivity index (χ0) is 21.4. The minimum absolute atomic E-state index is 0.0141. The molecule has 4 aliphatic carbocycles. The second-order valence-corrected chi connectivity index (χ2v) is 9.84. The number of allylic oxidation sites excluding steroid dienone is 4. The molecule has 29 heavy (non-hydrogen) atoms. The van der Waals surface area contributed by atoms with E-state index in [1.54, 1.807) is 6.08 Å². The molecular formula is C24H29FO4. The summed E-state index contributed by atoms with van der Waals surface area (Å²) in [5.74, 6) is -0.983. The molecule has 5 heteroatoms. The van der Waals surface area contributed by atoms with Crippen LogP contribution in [0.4, 0.5) is 4.39 Å². The Morgan fingerprint density at radius 3 is 2.52 bits per heavy atom. The normalized spacial score (nSPS) is 43.6. The number of esters is 1. The molecule has 4 rings (SSSR count). The van der Waals surface area contributed by atoms with Crippen molar-refractivity contribution >= 4 is 17.5 Å². The largest absolute Gasteiger partial charge is 0.446 e. The highest BCUT2D eigenvalue weighted by atomic mass is 19.1. The second-order valence-electron chi connectivity index (χ2n) is 9.84. The van der Waals surface area contributed by atoms with Crippen molar-refractivity contribution in [3.8, 4) is 0 Å². The number of rotatable bonds is 2. The highest BCUT2D eigenvalue weighted by Gasteiger charge is 2.69. The van der Waals surface area contributed by atoms with Crippen LogP contribution in [0.25, 0.3) is 0 Å². The van der Waals surface area contributed by atoms with Crippen LogP contribution in [0, 0.1) is 28.6 Å². The molecule has 0 heterocycles. The maximum atomic E-state index is 15.2. The quantitative estimate of drug-likeness (QED) is 0.500. The molecule has 0 bridgehead atoms. The molecule has 0 spiro atoms. The van der Waals surface area contributed by atoms with Crippen LogP contribution in [-0.4, -0.2) is 23.1 Å². The lowest BCUT2D eigenvalue weighted by Gasteiger charge is -2.57. The first-order chi connectivity index (χ1) is 13.5. The van der Waals surface area contributed by atoms with Gasteiger partial charge < -0.3 is 4.74 Å². The Balaban J connectivity index is 1.84. The van der Waals surface area contributed by atoms with Crippen molar-refractivity contribution in [3.05, 3.63) is 35.7 Å².